The quantitative estimate of drug-likeness (QED) is 0.672. The average molecular weight is 371 g/mol. The number of aryl methyl sites for hydroxylation is 2. The van der Waals surface area contributed by atoms with E-state index < -0.39 is 6.09 Å². The smallest absolute Gasteiger partial charge is 0.409 e. The molecule has 0 unspecified atom stereocenters. The second-order valence-electron chi connectivity index (χ2n) is 6.91. The van der Waals surface area contributed by atoms with Gasteiger partial charge in [-0.1, -0.05) is 49.6 Å². The minimum absolute atomic E-state index is 0.0165. The first-order valence-corrected chi connectivity index (χ1v) is 9.31. The number of benzene rings is 2. The van der Waals surface area contributed by atoms with E-state index in [-0.39, 0.29) is 18.0 Å². The van der Waals surface area contributed by atoms with Crippen molar-refractivity contribution in [1.29, 1.82) is 0 Å². The molecule has 5 heteroatoms. The molecule has 0 radical (unpaired) electrons. The van der Waals surface area contributed by atoms with E-state index in [1.54, 1.807) is 13.1 Å². The standard InChI is InChI=1S/C22H29NO4/c1-5-6-7-10-16-13-19(24)20(17-11-8-9-15(2)12-17)21(25)18(16)14-23(3)22(26)27-4/h8-9,11-13,24-25H,5-7,10,14H2,1-4H3. The molecular formula is C22H29NO4. The molecule has 0 aromatic heterocycles. The second-order valence-corrected chi connectivity index (χ2v) is 6.91. The first-order valence-electron chi connectivity index (χ1n) is 9.31. The summed E-state index contributed by atoms with van der Waals surface area (Å²) in [7, 11) is 2.95. The molecule has 27 heavy (non-hydrogen) atoms. The number of carbonyl (C=O) groups is 1. The molecule has 0 fully saturated rings. The number of carbonyl (C=O) groups excluding carboxylic acids is 1. The molecule has 1 amide bonds. The minimum atomic E-state index is -0.473. The van der Waals surface area contributed by atoms with E-state index in [2.05, 4.69) is 6.92 Å². The molecule has 146 valence electrons. The number of amides is 1. The Balaban J connectivity index is 2.53. The van der Waals surface area contributed by atoms with Gasteiger partial charge in [-0.15, -0.1) is 0 Å². The third kappa shape index (κ3) is 4.94. The highest BCUT2D eigenvalue weighted by molar-refractivity contribution is 5.79. The molecule has 0 saturated carbocycles. The molecule has 5 nitrogen and oxygen atoms in total. The lowest BCUT2D eigenvalue weighted by Crippen LogP contribution is -2.26. The summed E-state index contributed by atoms with van der Waals surface area (Å²) in [6.07, 6.45) is 3.35. The molecule has 2 aromatic rings. The predicted octanol–water partition coefficient (Wildman–Crippen LogP) is 5.00. The molecule has 0 bridgehead atoms. The topological polar surface area (TPSA) is 70.0 Å². The van der Waals surface area contributed by atoms with Gasteiger partial charge in [-0.25, -0.2) is 4.79 Å². The Hall–Kier alpha value is -2.69. The van der Waals surface area contributed by atoms with Gasteiger partial charge >= 0.3 is 6.09 Å². The van der Waals surface area contributed by atoms with Crippen LogP contribution in [0.4, 0.5) is 4.79 Å². The zero-order chi connectivity index (χ0) is 20.0. The summed E-state index contributed by atoms with van der Waals surface area (Å²) < 4.78 is 4.77. The summed E-state index contributed by atoms with van der Waals surface area (Å²) in [5.41, 5.74) is 3.67. The van der Waals surface area contributed by atoms with Gasteiger partial charge in [0.15, 0.2) is 0 Å². The zero-order valence-electron chi connectivity index (χ0n) is 16.6. The highest BCUT2D eigenvalue weighted by Gasteiger charge is 2.21. The van der Waals surface area contributed by atoms with Crippen LogP contribution in [0, 0.1) is 6.92 Å². The summed E-state index contributed by atoms with van der Waals surface area (Å²) in [5, 5.41) is 21.6. The molecule has 2 rings (SSSR count). The van der Waals surface area contributed by atoms with Crippen LogP contribution in [0.3, 0.4) is 0 Å². The van der Waals surface area contributed by atoms with Gasteiger partial charge in [-0.2, -0.15) is 0 Å². The maximum absolute atomic E-state index is 11.8. The van der Waals surface area contributed by atoms with Crippen molar-refractivity contribution in [2.45, 2.75) is 46.1 Å². The molecule has 0 heterocycles. The Bertz CT molecular complexity index is 801. The highest BCUT2D eigenvalue weighted by atomic mass is 16.5. The summed E-state index contributed by atoms with van der Waals surface area (Å²) in [4.78, 5) is 13.3. The van der Waals surface area contributed by atoms with Crippen molar-refractivity contribution in [2.24, 2.45) is 0 Å². The Morgan fingerprint density at radius 1 is 1.19 bits per heavy atom. The number of hydrogen-bond acceptors (Lipinski definition) is 4. The van der Waals surface area contributed by atoms with Crippen molar-refractivity contribution in [3.05, 3.63) is 47.0 Å². The van der Waals surface area contributed by atoms with E-state index in [9.17, 15) is 15.0 Å². The maximum Gasteiger partial charge on any atom is 0.409 e. The van der Waals surface area contributed by atoms with Crippen LogP contribution < -0.4 is 0 Å². The molecular weight excluding hydrogens is 342 g/mol. The summed E-state index contributed by atoms with van der Waals surface area (Å²) >= 11 is 0. The van der Waals surface area contributed by atoms with Crippen molar-refractivity contribution >= 4 is 6.09 Å². The monoisotopic (exact) mass is 371 g/mol. The van der Waals surface area contributed by atoms with E-state index in [0.29, 0.717) is 11.1 Å². The van der Waals surface area contributed by atoms with Gasteiger partial charge in [-0.05, 0) is 37.0 Å². The van der Waals surface area contributed by atoms with Gasteiger partial charge < -0.3 is 19.8 Å². The summed E-state index contributed by atoms with van der Waals surface area (Å²) in [6.45, 7) is 4.30. The Labute approximate surface area is 161 Å². The lowest BCUT2D eigenvalue weighted by Gasteiger charge is -2.21. The molecule has 2 N–H and O–H groups in total. The first kappa shape index (κ1) is 20.6. The van der Waals surface area contributed by atoms with Gasteiger partial charge in [0.25, 0.3) is 0 Å². The van der Waals surface area contributed by atoms with E-state index in [1.807, 2.05) is 31.2 Å². The van der Waals surface area contributed by atoms with E-state index in [0.717, 1.165) is 42.4 Å². The van der Waals surface area contributed by atoms with Gasteiger partial charge in [0.2, 0.25) is 0 Å². The van der Waals surface area contributed by atoms with Crippen LogP contribution >= 0.6 is 0 Å². The maximum atomic E-state index is 11.8. The molecule has 2 aromatic carbocycles. The van der Waals surface area contributed by atoms with Crippen LogP contribution in [0.1, 0.15) is 42.9 Å². The van der Waals surface area contributed by atoms with Crippen LogP contribution in [0.25, 0.3) is 11.1 Å². The van der Waals surface area contributed by atoms with Crippen molar-refractivity contribution in [2.75, 3.05) is 14.2 Å². The fourth-order valence-electron chi connectivity index (χ4n) is 3.26. The van der Waals surface area contributed by atoms with Gasteiger partial charge in [0.1, 0.15) is 11.5 Å². The van der Waals surface area contributed by atoms with Crippen LogP contribution in [-0.4, -0.2) is 35.4 Å². The molecule has 0 aliphatic heterocycles. The van der Waals surface area contributed by atoms with Crippen LogP contribution in [0.2, 0.25) is 0 Å². The van der Waals surface area contributed by atoms with Crippen LogP contribution in [-0.2, 0) is 17.7 Å². The normalized spacial score (nSPS) is 10.7. The fourth-order valence-corrected chi connectivity index (χ4v) is 3.26. The van der Waals surface area contributed by atoms with Crippen LogP contribution in [0.15, 0.2) is 30.3 Å². The van der Waals surface area contributed by atoms with E-state index in [1.165, 1.54) is 12.0 Å². The predicted molar refractivity (Wildman–Crippen MR) is 107 cm³/mol. The lowest BCUT2D eigenvalue weighted by atomic mass is 9.92. The summed E-state index contributed by atoms with van der Waals surface area (Å²) in [6, 6.07) is 9.33. The Kier molecular flexibility index (Phi) is 7.11. The van der Waals surface area contributed by atoms with Crippen molar-refractivity contribution < 1.29 is 19.7 Å². The Morgan fingerprint density at radius 3 is 2.56 bits per heavy atom. The van der Waals surface area contributed by atoms with E-state index >= 15 is 0 Å². The third-order valence-corrected chi connectivity index (χ3v) is 4.72. The molecule has 0 atom stereocenters. The van der Waals surface area contributed by atoms with Gasteiger partial charge in [0.05, 0.1) is 19.2 Å². The molecule has 0 spiro atoms. The largest absolute Gasteiger partial charge is 0.507 e. The van der Waals surface area contributed by atoms with Gasteiger partial charge in [-0.3, -0.25) is 0 Å². The number of phenols is 2. The Morgan fingerprint density at radius 2 is 1.93 bits per heavy atom. The second kappa shape index (κ2) is 9.31. The average Bonchev–Trinajstić information content (AvgIpc) is 2.64. The summed E-state index contributed by atoms with van der Waals surface area (Å²) in [5.74, 6) is 0.0666. The van der Waals surface area contributed by atoms with E-state index in [4.69, 9.17) is 4.74 Å². The number of aromatic hydroxyl groups is 2. The van der Waals surface area contributed by atoms with Crippen molar-refractivity contribution in [1.82, 2.24) is 4.90 Å². The molecule has 0 saturated heterocycles. The molecule has 0 aliphatic rings. The number of unbranched alkanes of at least 4 members (excludes halogenated alkanes) is 2. The third-order valence-electron chi connectivity index (χ3n) is 4.72. The number of hydrogen-bond donors (Lipinski definition) is 2. The number of phenolic OH excluding ortho intramolecular Hbond substituents is 2. The number of methoxy groups -OCH3 is 1. The SMILES string of the molecule is CCCCCc1cc(O)c(-c2cccc(C)c2)c(O)c1CN(C)C(=O)OC. The molecule has 0 aliphatic carbocycles. The van der Waals surface area contributed by atoms with Crippen LogP contribution in [0.5, 0.6) is 11.5 Å². The number of rotatable bonds is 7. The lowest BCUT2D eigenvalue weighted by molar-refractivity contribution is 0.131. The first-order chi connectivity index (χ1) is 12.9. The van der Waals surface area contributed by atoms with Gasteiger partial charge in [0, 0.05) is 12.6 Å². The number of ether oxygens (including phenoxy) is 1. The zero-order valence-corrected chi connectivity index (χ0v) is 16.6. The number of nitrogens with zero attached hydrogens (tertiary/aromatic N) is 1. The van der Waals surface area contributed by atoms with Crippen molar-refractivity contribution in [3.8, 4) is 22.6 Å². The fraction of sp³-hybridized carbons (Fsp3) is 0.409. The van der Waals surface area contributed by atoms with Crippen molar-refractivity contribution in [3.63, 3.8) is 0 Å². The minimum Gasteiger partial charge on any atom is -0.507 e. The highest BCUT2D eigenvalue weighted by Crippen LogP contribution is 2.42.